The first kappa shape index (κ1) is 8.79. The van der Waals surface area contributed by atoms with Crippen LogP contribution in [0, 0.1) is 0 Å². The number of carbonyl (C=O) groups excluding carboxylic acids is 1. The van der Waals surface area contributed by atoms with Gasteiger partial charge in [-0.2, -0.15) is 0 Å². The Morgan fingerprint density at radius 2 is 2.08 bits per heavy atom. The summed E-state index contributed by atoms with van der Waals surface area (Å²) in [5.74, 6) is 0.405. The third-order valence-corrected chi connectivity index (χ3v) is 3.09. The first-order chi connectivity index (χ1) is 6.31. The third-order valence-electron chi connectivity index (χ3n) is 3.09. The van der Waals surface area contributed by atoms with Crippen LogP contribution in [0.25, 0.3) is 0 Å². The Hall–Kier alpha value is -0.790. The van der Waals surface area contributed by atoms with Gasteiger partial charge in [0.05, 0.1) is 6.54 Å². The van der Waals surface area contributed by atoms with Crippen LogP contribution in [0.15, 0.2) is 11.3 Å². The average Bonchev–Trinajstić information content (AvgIpc) is 2.16. The van der Waals surface area contributed by atoms with Crippen LogP contribution in [0.1, 0.15) is 39.0 Å². The molecule has 0 radical (unpaired) electrons. The lowest BCUT2D eigenvalue weighted by Gasteiger charge is -2.34. The molecule has 1 aliphatic heterocycles. The fourth-order valence-electron chi connectivity index (χ4n) is 2.43. The van der Waals surface area contributed by atoms with E-state index in [9.17, 15) is 4.79 Å². The van der Waals surface area contributed by atoms with Crippen molar-refractivity contribution in [3.63, 3.8) is 0 Å². The summed E-state index contributed by atoms with van der Waals surface area (Å²) in [4.78, 5) is 13.7. The predicted octanol–water partition coefficient (Wildman–Crippen LogP) is 2.11. The number of likely N-dealkylation sites (N-methyl/N-ethyl adjacent to an activating group) is 1. The third kappa shape index (κ3) is 1.62. The first-order valence-electron chi connectivity index (χ1n) is 5.29. The maximum absolute atomic E-state index is 11.4. The highest BCUT2D eigenvalue weighted by molar-refractivity contribution is 5.84. The Bertz CT molecular complexity index is 255. The van der Waals surface area contributed by atoms with Gasteiger partial charge in [-0.15, -0.1) is 0 Å². The van der Waals surface area contributed by atoms with Crippen LogP contribution in [0.5, 0.6) is 0 Å². The normalized spacial score (nSPS) is 23.5. The minimum atomic E-state index is 0.405. The van der Waals surface area contributed by atoms with E-state index in [0.717, 1.165) is 19.4 Å². The summed E-state index contributed by atoms with van der Waals surface area (Å²) < 4.78 is 0. The molecule has 0 spiro atoms. The van der Waals surface area contributed by atoms with Crippen molar-refractivity contribution in [2.24, 2.45) is 0 Å². The van der Waals surface area contributed by atoms with Crippen LogP contribution >= 0.6 is 0 Å². The molecule has 0 aromatic rings. The summed E-state index contributed by atoms with van der Waals surface area (Å²) in [6.45, 7) is 3.79. The molecule has 0 N–H and O–H groups in total. The topological polar surface area (TPSA) is 20.3 Å². The number of allylic oxidation sites excluding steroid dienone is 2. The van der Waals surface area contributed by atoms with Crippen molar-refractivity contribution in [1.29, 1.82) is 0 Å². The van der Waals surface area contributed by atoms with Gasteiger partial charge in [0.1, 0.15) is 0 Å². The highest BCUT2D eigenvalue weighted by Crippen LogP contribution is 2.32. The molecule has 0 saturated carbocycles. The van der Waals surface area contributed by atoms with Gasteiger partial charge < -0.3 is 4.90 Å². The zero-order chi connectivity index (χ0) is 9.26. The fraction of sp³-hybridized carbons (Fsp3) is 0.727. The number of hydrogen-bond donors (Lipinski definition) is 0. The molecule has 2 rings (SSSR count). The number of ketones is 1. The van der Waals surface area contributed by atoms with E-state index in [1.54, 1.807) is 0 Å². The van der Waals surface area contributed by atoms with Gasteiger partial charge in [-0.25, -0.2) is 0 Å². The van der Waals surface area contributed by atoms with E-state index in [0.29, 0.717) is 12.3 Å². The Morgan fingerprint density at radius 1 is 1.31 bits per heavy atom. The molecule has 0 bridgehead atoms. The van der Waals surface area contributed by atoms with E-state index >= 15 is 0 Å². The van der Waals surface area contributed by atoms with Gasteiger partial charge in [-0.05, 0) is 38.2 Å². The molecule has 2 nitrogen and oxygen atoms in total. The molecule has 2 aliphatic rings. The van der Waals surface area contributed by atoms with Crippen molar-refractivity contribution in [1.82, 2.24) is 4.90 Å². The van der Waals surface area contributed by atoms with Crippen molar-refractivity contribution < 1.29 is 4.79 Å². The van der Waals surface area contributed by atoms with E-state index < -0.39 is 0 Å². The molecule has 0 unspecified atom stereocenters. The maximum atomic E-state index is 11.4. The van der Waals surface area contributed by atoms with E-state index in [4.69, 9.17) is 0 Å². The molecule has 72 valence electrons. The van der Waals surface area contributed by atoms with E-state index in [1.807, 2.05) is 0 Å². The zero-order valence-electron chi connectivity index (χ0n) is 8.31. The smallest absolute Gasteiger partial charge is 0.156 e. The van der Waals surface area contributed by atoms with E-state index in [2.05, 4.69) is 11.8 Å². The highest BCUT2D eigenvalue weighted by Gasteiger charge is 2.25. The number of rotatable bonds is 1. The SMILES string of the molecule is CCN1CC(=O)CC2=C1CCCC2. The molecule has 1 aliphatic carbocycles. The molecule has 0 aromatic heterocycles. The molecule has 2 heteroatoms. The second kappa shape index (κ2) is 3.52. The Labute approximate surface area is 79.6 Å². The monoisotopic (exact) mass is 179 g/mol. The van der Waals surface area contributed by atoms with Gasteiger partial charge in [0.15, 0.2) is 5.78 Å². The molecule has 0 amide bonds. The Balaban J connectivity index is 2.25. The summed E-state index contributed by atoms with van der Waals surface area (Å²) in [5, 5.41) is 0. The van der Waals surface area contributed by atoms with Gasteiger partial charge in [0.25, 0.3) is 0 Å². The van der Waals surface area contributed by atoms with Crippen LogP contribution in [-0.2, 0) is 4.79 Å². The van der Waals surface area contributed by atoms with E-state index in [-0.39, 0.29) is 0 Å². The second-order valence-electron chi connectivity index (χ2n) is 3.99. The number of hydrogen-bond acceptors (Lipinski definition) is 2. The lowest BCUT2D eigenvalue weighted by molar-refractivity contribution is -0.120. The Morgan fingerprint density at radius 3 is 2.85 bits per heavy atom. The highest BCUT2D eigenvalue weighted by atomic mass is 16.1. The van der Waals surface area contributed by atoms with Crippen molar-refractivity contribution in [2.75, 3.05) is 13.1 Å². The van der Waals surface area contributed by atoms with Crippen LogP contribution in [0.4, 0.5) is 0 Å². The second-order valence-corrected chi connectivity index (χ2v) is 3.99. The summed E-state index contributed by atoms with van der Waals surface area (Å²) >= 11 is 0. The number of carbonyl (C=O) groups is 1. The molecule has 13 heavy (non-hydrogen) atoms. The molecule has 0 fully saturated rings. The van der Waals surface area contributed by atoms with Crippen molar-refractivity contribution in [3.8, 4) is 0 Å². The summed E-state index contributed by atoms with van der Waals surface area (Å²) in [7, 11) is 0. The predicted molar refractivity (Wildman–Crippen MR) is 52.4 cm³/mol. The molecule has 0 saturated heterocycles. The summed E-state index contributed by atoms with van der Waals surface area (Å²) in [6.07, 6.45) is 5.70. The maximum Gasteiger partial charge on any atom is 0.156 e. The lowest BCUT2D eigenvalue weighted by atomic mass is 9.89. The van der Waals surface area contributed by atoms with E-state index in [1.165, 1.54) is 30.5 Å². The molecular formula is C11H17NO. The molecular weight excluding hydrogens is 162 g/mol. The standard InChI is InChI=1S/C11H17NO/c1-2-12-8-10(13)7-9-5-3-4-6-11(9)12/h2-8H2,1H3. The lowest BCUT2D eigenvalue weighted by Crippen LogP contribution is -2.35. The largest absolute Gasteiger partial charge is 0.368 e. The first-order valence-corrected chi connectivity index (χ1v) is 5.29. The minimum Gasteiger partial charge on any atom is -0.368 e. The van der Waals surface area contributed by atoms with Crippen LogP contribution < -0.4 is 0 Å². The number of nitrogens with zero attached hydrogens (tertiary/aromatic N) is 1. The average molecular weight is 179 g/mol. The van der Waals surface area contributed by atoms with Gasteiger partial charge in [0.2, 0.25) is 0 Å². The summed E-state index contributed by atoms with van der Waals surface area (Å²) in [6, 6.07) is 0. The van der Waals surface area contributed by atoms with Crippen molar-refractivity contribution >= 4 is 5.78 Å². The van der Waals surface area contributed by atoms with Crippen molar-refractivity contribution in [2.45, 2.75) is 39.0 Å². The van der Waals surface area contributed by atoms with Crippen LogP contribution in [0.3, 0.4) is 0 Å². The van der Waals surface area contributed by atoms with Crippen LogP contribution in [0.2, 0.25) is 0 Å². The quantitative estimate of drug-likeness (QED) is 0.614. The van der Waals surface area contributed by atoms with Crippen LogP contribution in [-0.4, -0.2) is 23.8 Å². The van der Waals surface area contributed by atoms with Gasteiger partial charge in [-0.3, -0.25) is 4.79 Å². The molecule has 0 atom stereocenters. The van der Waals surface area contributed by atoms with Gasteiger partial charge in [-0.1, -0.05) is 0 Å². The summed E-state index contributed by atoms with van der Waals surface area (Å²) in [5.41, 5.74) is 2.93. The molecule has 1 heterocycles. The van der Waals surface area contributed by atoms with Gasteiger partial charge in [0, 0.05) is 18.7 Å². The fourth-order valence-corrected chi connectivity index (χ4v) is 2.43. The van der Waals surface area contributed by atoms with Crippen molar-refractivity contribution in [3.05, 3.63) is 11.3 Å². The zero-order valence-corrected chi connectivity index (χ0v) is 8.31. The Kier molecular flexibility index (Phi) is 2.38. The minimum absolute atomic E-state index is 0.405. The number of Topliss-reactive ketones (excluding diaryl/α,β-unsaturated/α-hetero) is 1. The van der Waals surface area contributed by atoms with Gasteiger partial charge >= 0.3 is 0 Å². The molecule has 0 aromatic carbocycles.